The third-order valence-electron chi connectivity index (χ3n) is 5.45. The van der Waals surface area contributed by atoms with Gasteiger partial charge in [-0.1, -0.05) is 12.0 Å². The van der Waals surface area contributed by atoms with Crippen LogP contribution in [0.2, 0.25) is 0 Å². The van der Waals surface area contributed by atoms with E-state index >= 15 is 0 Å². The molecule has 0 radical (unpaired) electrons. The highest BCUT2D eigenvalue weighted by Crippen LogP contribution is 2.49. The van der Waals surface area contributed by atoms with Crippen LogP contribution in [0.15, 0.2) is 11.8 Å². The topological polar surface area (TPSA) is 41.1 Å². The molecule has 0 aromatic rings. The lowest BCUT2D eigenvalue weighted by atomic mass is 9.84. The van der Waals surface area contributed by atoms with Crippen molar-refractivity contribution in [1.29, 1.82) is 0 Å². The SMILES string of the molecule is CC(NC(=O)NC=C1CCCC1)C1CC2CCC1C2. The lowest BCUT2D eigenvalue weighted by molar-refractivity contribution is 0.223. The van der Waals surface area contributed by atoms with Crippen LogP contribution >= 0.6 is 0 Å². The van der Waals surface area contributed by atoms with Crippen LogP contribution in [0.5, 0.6) is 0 Å². The Labute approximate surface area is 116 Å². The second kappa shape index (κ2) is 5.56. The molecule has 3 aliphatic carbocycles. The van der Waals surface area contributed by atoms with Crippen LogP contribution in [-0.2, 0) is 0 Å². The van der Waals surface area contributed by atoms with Gasteiger partial charge in [0.1, 0.15) is 0 Å². The standard InChI is InChI=1S/C16H26N2O/c1-11(15-9-13-6-7-14(15)8-13)18-16(19)17-10-12-4-2-3-5-12/h10-11,13-15H,2-9H2,1H3,(H2,17,18,19). The van der Waals surface area contributed by atoms with Crippen LogP contribution < -0.4 is 10.6 Å². The van der Waals surface area contributed by atoms with E-state index in [1.807, 2.05) is 6.20 Å². The van der Waals surface area contributed by atoms with E-state index in [0.29, 0.717) is 12.0 Å². The number of rotatable bonds is 3. The van der Waals surface area contributed by atoms with Crippen molar-refractivity contribution in [3.05, 3.63) is 11.8 Å². The van der Waals surface area contributed by atoms with E-state index in [2.05, 4.69) is 17.6 Å². The lowest BCUT2D eigenvalue weighted by Crippen LogP contribution is -2.43. The summed E-state index contributed by atoms with van der Waals surface area (Å²) in [6.07, 6.45) is 12.3. The van der Waals surface area contributed by atoms with Gasteiger partial charge in [0.25, 0.3) is 0 Å². The molecule has 3 saturated carbocycles. The molecule has 0 aliphatic heterocycles. The highest BCUT2D eigenvalue weighted by Gasteiger charge is 2.42. The number of hydrogen-bond donors (Lipinski definition) is 2. The first-order chi connectivity index (χ1) is 9.22. The Bertz CT molecular complexity index is 369. The van der Waals surface area contributed by atoms with E-state index < -0.39 is 0 Å². The number of carbonyl (C=O) groups is 1. The van der Waals surface area contributed by atoms with Crippen LogP contribution in [0.25, 0.3) is 0 Å². The minimum Gasteiger partial charge on any atom is -0.335 e. The summed E-state index contributed by atoms with van der Waals surface area (Å²) in [6, 6.07) is 0.298. The van der Waals surface area contributed by atoms with Crippen molar-refractivity contribution in [2.24, 2.45) is 17.8 Å². The average Bonchev–Trinajstić information content (AvgIpc) is 3.13. The summed E-state index contributed by atoms with van der Waals surface area (Å²) >= 11 is 0. The Morgan fingerprint density at radius 3 is 2.68 bits per heavy atom. The van der Waals surface area contributed by atoms with Crippen molar-refractivity contribution in [3.8, 4) is 0 Å². The molecular weight excluding hydrogens is 236 g/mol. The maximum atomic E-state index is 11.9. The van der Waals surface area contributed by atoms with Crippen molar-refractivity contribution < 1.29 is 4.79 Å². The Morgan fingerprint density at radius 2 is 2.05 bits per heavy atom. The molecule has 2 amide bonds. The average molecular weight is 262 g/mol. The lowest BCUT2D eigenvalue weighted by Gasteiger charge is -2.28. The Balaban J connectivity index is 1.45. The number of carbonyl (C=O) groups excluding carboxylic acids is 1. The number of hydrogen-bond acceptors (Lipinski definition) is 1. The zero-order valence-corrected chi connectivity index (χ0v) is 12.0. The van der Waals surface area contributed by atoms with Gasteiger partial charge in [0.05, 0.1) is 0 Å². The largest absolute Gasteiger partial charge is 0.335 e. The predicted octanol–water partition coefficient (Wildman–Crippen LogP) is 3.57. The molecular formula is C16H26N2O. The highest BCUT2D eigenvalue weighted by molar-refractivity contribution is 5.75. The summed E-state index contributed by atoms with van der Waals surface area (Å²) in [6.45, 7) is 2.17. The summed E-state index contributed by atoms with van der Waals surface area (Å²) in [5, 5.41) is 6.05. The molecule has 4 unspecified atom stereocenters. The third-order valence-corrected chi connectivity index (χ3v) is 5.45. The molecule has 0 aromatic carbocycles. The van der Waals surface area contributed by atoms with Crippen LogP contribution in [0.4, 0.5) is 4.79 Å². The zero-order valence-electron chi connectivity index (χ0n) is 12.0. The quantitative estimate of drug-likeness (QED) is 0.802. The summed E-state index contributed by atoms with van der Waals surface area (Å²) in [7, 11) is 0. The maximum absolute atomic E-state index is 11.9. The number of nitrogens with one attached hydrogen (secondary N) is 2. The molecule has 0 heterocycles. The molecule has 3 fully saturated rings. The molecule has 4 atom stereocenters. The molecule has 0 saturated heterocycles. The third kappa shape index (κ3) is 2.96. The van der Waals surface area contributed by atoms with E-state index in [0.717, 1.165) is 24.7 Å². The monoisotopic (exact) mass is 262 g/mol. The fraction of sp³-hybridized carbons (Fsp3) is 0.812. The van der Waals surface area contributed by atoms with Crippen molar-refractivity contribution in [2.75, 3.05) is 0 Å². The number of urea groups is 1. The van der Waals surface area contributed by atoms with Gasteiger partial charge in [-0.3, -0.25) is 0 Å². The van der Waals surface area contributed by atoms with Gasteiger partial charge in [0.2, 0.25) is 0 Å². The Kier molecular flexibility index (Phi) is 3.81. The van der Waals surface area contributed by atoms with Crippen molar-refractivity contribution in [3.63, 3.8) is 0 Å². The number of fused-ring (bicyclic) bond motifs is 2. The molecule has 3 aliphatic rings. The second-order valence-corrected chi connectivity index (χ2v) is 6.75. The summed E-state index contributed by atoms with van der Waals surface area (Å²) in [4.78, 5) is 11.9. The van der Waals surface area contributed by atoms with Crippen LogP contribution in [0, 0.1) is 17.8 Å². The molecule has 3 heteroatoms. The molecule has 2 N–H and O–H groups in total. The van der Waals surface area contributed by atoms with Gasteiger partial charge in [0, 0.05) is 12.2 Å². The smallest absolute Gasteiger partial charge is 0.318 e. The molecule has 3 rings (SSSR count). The minimum absolute atomic E-state index is 0.0188. The van der Waals surface area contributed by atoms with Gasteiger partial charge in [-0.15, -0.1) is 0 Å². The van der Waals surface area contributed by atoms with E-state index in [1.165, 1.54) is 44.1 Å². The van der Waals surface area contributed by atoms with Gasteiger partial charge in [-0.25, -0.2) is 4.79 Å². The Hall–Kier alpha value is -0.990. The van der Waals surface area contributed by atoms with Gasteiger partial charge in [0.15, 0.2) is 0 Å². The Morgan fingerprint density at radius 1 is 1.26 bits per heavy atom. The fourth-order valence-corrected chi connectivity index (χ4v) is 4.40. The second-order valence-electron chi connectivity index (χ2n) is 6.75. The molecule has 2 bridgehead atoms. The maximum Gasteiger partial charge on any atom is 0.318 e. The summed E-state index contributed by atoms with van der Waals surface area (Å²) in [5.74, 6) is 2.53. The molecule has 0 spiro atoms. The predicted molar refractivity (Wildman–Crippen MR) is 76.6 cm³/mol. The number of allylic oxidation sites excluding steroid dienone is 1. The highest BCUT2D eigenvalue weighted by atomic mass is 16.2. The van der Waals surface area contributed by atoms with Crippen molar-refractivity contribution >= 4 is 6.03 Å². The van der Waals surface area contributed by atoms with Crippen LogP contribution in [-0.4, -0.2) is 12.1 Å². The van der Waals surface area contributed by atoms with Crippen LogP contribution in [0.1, 0.15) is 58.3 Å². The summed E-state index contributed by atoms with van der Waals surface area (Å²) < 4.78 is 0. The minimum atomic E-state index is -0.0188. The van der Waals surface area contributed by atoms with Crippen molar-refractivity contribution in [1.82, 2.24) is 10.6 Å². The van der Waals surface area contributed by atoms with Crippen LogP contribution in [0.3, 0.4) is 0 Å². The fourth-order valence-electron chi connectivity index (χ4n) is 4.40. The van der Waals surface area contributed by atoms with Crippen molar-refractivity contribution in [2.45, 2.75) is 64.3 Å². The van der Waals surface area contributed by atoms with E-state index in [1.54, 1.807) is 0 Å². The first-order valence-corrected chi connectivity index (χ1v) is 7.97. The first-order valence-electron chi connectivity index (χ1n) is 7.97. The summed E-state index contributed by atoms with van der Waals surface area (Å²) in [5.41, 5.74) is 1.39. The van der Waals surface area contributed by atoms with E-state index in [-0.39, 0.29) is 6.03 Å². The van der Waals surface area contributed by atoms with Gasteiger partial charge in [-0.05, 0) is 69.6 Å². The van der Waals surface area contributed by atoms with E-state index in [9.17, 15) is 4.79 Å². The molecule has 106 valence electrons. The normalized spacial score (nSPS) is 34.4. The van der Waals surface area contributed by atoms with E-state index in [4.69, 9.17) is 0 Å². The molecule has 0 aromatic heterocycles. The van der Waals surface area contributed by atoms with Gasteiger partial charge >= 0.3 is 6.03 Å². The molecule has 19 heavy (non-hydrogen) atoms. The molecule has 3 nitrogen and oxygen atoms in total. The first kappa shape index (κ1) is 13.0. The number of amides is 2. The van der Waals surface area contributed by atoms with Gasteiger partial charge in [-0.2, -0.15) is 0 Å². The zero-order chi connectivity index (χ0) is 13.2. The van der Waals surface area contributed by atoms with Gasteiger partial charge < -0.3 is 10.6 Å².